The average Bonchev–Trinajstić information content (AvgIpc) is 3.30. The van der Waals surface area contributed by atoms with E-state index in [4.69, 9.17) is 21.3 Å². The van der Waals surface area contributed by atoms with Crippen LogP contribution in [-0.2, 0) is 0 Å². The van der Waals surface area contributed by atoms with Crippen molar-refractivity contribution in [2.45, 2.75) is 44.1 Å². The van der Waals surface area contributed by atoms with Crippen LogP contribution in [-0.4, -0.2) is 29.2 Å². The summed E-state index contributed by atoms with van der Waals surface area (Å²) in [6, 6.07) is 8.34. The summed E-state index contributed by atoms with van der Waals surface area (Å²) in [7, 11) is 0. The number of thiophene rings is 1. The summed E-state index contributed by atoms with van der Waals surface area (Å²) in [6.07, 6.45) is 3.48. The topological polar surface area (TPSA) is 47.0 Å². The Bertz CT molecular complexity index is 983. The molecule has 1 aliphatic heterocycles. The number of aromatic nitrogens is 2. The largest absolute Gasteiger partial charge is 0.490 e. The number of ether oxygens (including phenoxy) is 1. The molecule has 2 fully saturated rings. The zero-order valence-electron chi connectivity index (χ0n) is 15.2. The first-order valence-corrected chi connectivity index (χ1v) is 10.8. The molecule has 5 rings (SSSR count). The standard InChI is InChI=1S/C21H22ClN3OS/c1-12-24-20(16-6-9-27-21(16)25-12)18-11-17(18)15-3-2-14(10-19(15)22)26-13-4-7-23-8-5-13/h2-3,6,9-10,13,17-18,23H,4-5,7-8,11H2,1H3. The maximum absolute atomic E-state index is 6.64. The zero-order chi connectivity index (χ0) is 18.4. The van der Waals surface area contributed by atoms with E-state index in [1.54, 1.807) is 11.3 Å². The number of fused-ring (bicyclic) bond motifs is 1. The van der Waals surface area contributed by atoms with Crippen LogP contribution in [0.1, 0.15) is 48.2 Å². The highest BCUT2D eigenvalue weighted by Gasteiger charge is 2.43. The molecule has 1 saturated heterocycles. The Morgan fingerprint density at radius 3 is 2.81 bits per heavy atom. The van der Waals surface area contributed by atoms with Crippen LogP contribution < -0.4 is 10.1 Å². The smallest absolute Gasteiger partial charge is 0.127 e. The van der Waals surface area contributed by atoms with Gasteiger partial charge in [-0.2, -0.15) is 0 Å². The number of hydrogen-bond donors (Lipinski definition) is 1. The fourth-order valence-corrected chi connectivity index (χ4v) is 5.23. The first kappa shape index (κ1) is 17.4. The quantitative estimate of drug-likeness (QED) is 0.666. The van der Waals surface area contributed by atoms with Gasteiger partial charge < -0.3 is 10.1 Å². The summed E-state index contributed by atoms with van der Waals surface area (Å²) >= 11 is 8.32. The van der Waals surface area contributed by atoms with Crippen LogP contribution in [0.4, 0.5) is 0 Å². The highest BCUT2D eigenvalue weighted by molar-refractivity contribution is 7.16. The van der Waals surface area contributed by atoms with E-state index in [2.05, 4.69) is 33.9 Å². The monoisotopic (exact) mass is 399 g/mol. The van der Waals surface area contributed by atoms with Gasteiger partial charge in [0.1, 0.15) is 22.5 Å². The maximum atomic E-state index is 6.64. The maximum Gasteiger partial charge on any atom is 0.127 e. The molecule has 1 saturated carbocycles. The van der Waals surface area contributed by atoms with Crippen LogP contribution >= 0.6 is 22.9 Å². The SMILES string of the molecule is Cc1nc(C2CC2c2ccc(OC3CCNCC3)cc2Cl)c2ccsc2n1. The molecule has 4 nitrogen and oxygen atoms in total. The van der Waals surface area contributed by atoms with Crippen LogP contribution in [0.15, 0.2) is 29.6 Å². The first-order chi connectivity index (χ1) is 13.2. The van der Waals surface area contributed by atoms with E-state index in [1.807, 2.05) is 13.0 Å². The van der Waals surface area contributed by atoms with E-state index >= 15 is 0 Å². The van der Waals surface area contributed by atoms with Crippen molar-refractivity contribution in [1.82, 2.24) is 15.3 Å². The van der Waals surface area contributed by atoms with Crippen molar-refractivity contribution >= 4 is 33.2 Å². The van der Waals surface area contributed by atoms with Gasteiger partial charge in [0.25, 0.3) is 0 Å². The Morgan fingerprint density at radius 1 is 1.15 bits per heavy atom. The van der Waals surface area contributed by atoms with Crippen LogP contribution in [0, 0.1) is 6.92 Å². The van der Waals surface area contributed by atoms with Crippen molar-refractivity contribution in [2.24, 2.45) is 0 Å². The lowest BCUT2D eigenvalue weighted by Crippen LogP contribution is -2.34. The number of benzene rings is 1. The number of nitrogens with one attached hydrogen (secondary N) is 1. The molecule has 1 aromatic carbocycles. The molecule has 0 radical (unpaired) electrons. The molecular weight excluding hydrogens is 378 g/mol. The summed E-state index contributed by atoms with van der Waals surface area (Å²) in [5, 5.41) is 7.46. The van der Waals surface area contributed by atoms with Crippen molar-refractivity contribution in [3.63, 3.8) is 0 Å². The van der Waals surface area contributed by atoms with E-state index in [9.17, 15) is 0 Å². The lowest BCUT2D eigenvalue weighted by atomic mass is 10.1. The number of aryl methyl sites for hydroxylation is 1. The van der Waals surface area contributed by atoms with Crippen molar-refractivity contribution in [2.75, 3.05) is 13.1 Å². The molecule has 2 aliphatic rings. The minimum atomic E-state index is 0.290. The molecule has 0 spiro atoms. The minimum Gasteiger partial charge on any atom is -0.490 e. The molecule has 2 unspecified atom stereocenters. The Kier molecular flexibility index (Phi) is 4.54. The fraction of sp³-hybridized carbons (Fsp3) is 0.429. The summed E-state index contributed by atoms with van der Waals surface area (Å²) in [6.45, 7) is 4.02. The molecule has 1 N–H and O–H groups in total. The molecule has 27 heavy (non-hydrogen) atoms. The van der Waals surface area contributed by atoms with Gasteiger partial charge in [-0.3, -0.25) is 0 Å². The summed E-state index contributed by atoms with van der Waals surface area (Å²) < 4.78 is 6.12. The predicted octanol–water partition coefficient (Wildman–Crippen LogP) is 5.06. The third kappa shape index (κ3) is 3.44. The average molecular weight is 400 g/mol. The lowest BCUT2D eigenvalue weighted by molar-refractivity contribution is 0.162. The number of halogens is 1. The molecule has 2 aromatic heterocycles. The molecule has 0 bridgehead atoms. The summed E-state index contributed by atoms with van der Waals surface area (Å²) in [5.74, 6) is 2.59. The number of nitrogens with zero attached hydrogens (tertiary/aromatic N) is 2. The number of hydrogen-bond acceptors (Lipinski definition) is 5. The van der Waals surface area contributed by atoms with E-state index < -0.39 is 0 Å². The fourth-order valence-electron chi connectivity index (χ4n) is 4.10. The predicted molar refractivity (Wildman–Crippen MR) is 110 cm³/mol. The molecule has 6 heteroatoms. The van der Waals surface area contributed by atoms with Gasteiger partial charge in [-0.05, 0) is 74.3 Å². The Balaban J connectivity index is 1.36. The zero-order valence-corrected chi connectivity index (χ0v) is 16.8. The van der Waals surface area contributed by atoms with E-state index in [-0.39, 0.29) is 6.10 Å². The second-order valence-electron chi connectivity index (χ2n) is 7.49. The number of piperidine rings is 1. The molecule has 3 heterocycles. The minimum absolute atomic E-state index is 0.290. The molecule has 0 amide bonds. The van der Waals surface area contributed by atoms with Gasteiger partial charge in [0, 0.05) is 16.3 Å². The highest BCUT2D eigenvalue weighted by atomic mass is 35.5. The number of rotatable bonds is 4. The molecular formula is C21H22ClN3OS. The lowest BCUT2D eigenvalue weighted by Gasteiger charge is -2.24. The van der Waals surface area contributed by atoms with Crippen molar-refractivity contribution in [3.8, 4) is 5.75 Å². The molecule has 2 atom stereocenters. The third-order valence-corrected chi connectivity index (χ3v) is 6.70. The van der Waals surface area contributed by atoms with Crippen molar-refractivity contribution in [3.05, 3.63) is 51.7 Å². The van der Waals surface area contributed by atoms with Crippen molar-refractivity contribution in [1.29, 1.82) is 0 Å². The Morgan fingerprint density at radius 2 is 2.00 bits per heavy atom. The second kappa shape index (κ2) is 7.04. The van der Waals surface area contributed by atoms with Gasteiger partial charge >= 0.3 is 0 Å². The van der Waals surface area contributed by atoms with Gasteiger partial charge in [-0.1, -0.05) is 17.7 Å². The van der Waals surface area contributed by atoms with Gasteiger partial charge in [-0.15, -0.1) is 11.3 Å². The van der Waals surface area contributed by atoms with Gasteiger partial charge in [0.05, 0.1) is 5.69 Å². The Hall–Kier alpha value is -1.69. The van der Waals surface area contributed by atoms with E-state index in [0.717, 1.165) is 53.8 Å². The Labute approximate surface area is 167 Å². The van der Waals surface area contributed by atoms with E-state index in [0.29, 0.717) is 11.8 Å². The molecule has 3 aromatic rings. The summed E-state index contributed by atoms with van der Waals surface area (Å²) in [5.41, 5.74) is 2.38. The van der Waals surface area contributed by atoms with Gasteiger partial charge in [0.15, 0.2) is 0 Å². The molecule has 140 valence electrons. The van der Waals surface area contributed by atoms with Crippen LogP contribution in [0.25, 0.3) is 10.2 Å². The third-order valence-electron chi connectivity index (χ3n) is 5.57. The first-order valence-electron chi connectivity index (χ1n) is 9.57. The second-order valence-corrected chi connectivity index (χ2v) is 8.80. The van der Waals surface area contributed by atoms with Crippen LogP contribution in [0.2, 0.25) is 5.02 Å². The van der Waals surface area contributed by atoms with Gasteiger partial charge in [0.2, 0.25) is 0 Å². The van der Waals surface area contributed by atoms with Crippen LogP contribution in [0.5, 0.6) is 5.75 Å². The normalized spacial score (nSPS) is 22.9. The highest BCUT2D eigenvalue weighted by Crippen LogP contribution is 2.57. The van der Waals surface area contributed by atoms with Crippen molar-refractivity contribution < 1.29 is 4.74 Å². The van der Waals surface area contributed by atoms with E-state index in [1.165, 1.54) is 16.6 Å². The molecule has 1 aliphatic carbocycles. The van der Waals surface area contributed by atoms with Gasteiger partial charge in [-0.25, -0.2) is 9.97 Å². The summed E-state index contributed by atoms with van der Waals surface area (Å²) in [4.78, 5) is 10.4. The van der Waals surface area contributed by atoms with Crippen LogP contribution in [0.3, 0.4) is 0 Å².